The second-order valence-electron chi connectivity index (χ2n) is 5.17. The van der Waals surface area contributed by atoms with Gasteiger partial charge in [0.15, 0.2) is 0 Å². The molecule has 1 atom stereocenters. The van der Waals surface area contributed by atoms with Crippen molar-refractivity contribution >= 4 is 11.9 Å². The van der Waals surface area contributed by atoms with Gasteiger partial charge in [-0.2, -0.15) is 0 Å². The predicted molar refractivity (Wildman–Crippen MR) is 76.7 cm³/mol. The number of carboxylic acid groups (broad SMARTS) is 1. The summed E-state index contributed by atoms with van der Waals surface area (Å²) in [6.45, 7) is 2.18. The van der Waals surface area contributed by atoms with E-state index in [0.29, 0.717) is 13.2 Å². The van der Waals surface area contributed by atoms with Crippen molar-refractivity contribution in [1.29, 1.82) is 0 Å². The third-order valence-corrected chi connectivity index (χ3v) is 3.42. The smallest absolute Gasteiger partial charge is 0.323 e. The van der Waals surface area contributed by atoms with E-state index in [-0.39, 0.29) is 12.5 Å². The van der Waals surface area contributed by atoms with Gasteiger partial charge >= 0.3 is 5.97 Å². The van der Waals surface area contributed by atoms with Crippen molar-refractivity contribution in [2.45, 2.75) is 12.6 Å². The van der Waals surface area contributed by atoms with Crippen molar-refractivity contribution in [2.24, 2.45) is 0 Å². The van der Waals surface area contributed by atoms with Crippen molar-refractivity contribution in [3.05, 3.63) is 35.9 Å². The van der Waals surface area contributed by atoms with E-state index in [4.69, 9.17) is 9.84 Å². The van der Waals surface area contributed by atoms with Crippen LogP contribution in [0.1, 0.15) is 5.56 Å². The topological polar surface area (TPSA) is 70.1 Å². The molecule has 6 nitrogen and oxygen atoms in total. The molecule has 0 spiro atoms. The number of likely N-dealkylation sites (N-methyl/N-ethyl adjacent to an activating group) is 1. The molecule has 1 N–H and O–H groups in total. The highest BCUT2D eigenvalue weighted by molar-refractivity contribution is 5.84. The molecule has 1 amide bonds. The Morgan fingerprint density at radius 1 is 1.38 bits per heavy atom. The Balaban J connectivity index is 1.91. The lowest BCUT2D eigenvalue weighted by Crippen LogP contribution is -2.50. The van der Waals surface area contributed by atoms with Crippen LogP contribution in [0.3, 0.4) is 0 Å². The van der Waals surface area contributed by atoms with E-state index in [1.165, 1.54) is 17.5 Å². The molecule has 6 heteroatoms. The lowest BCUT2D eigenvalue weighted by atomic mass is 10.2. The largest absolute Gasteiger partial charge is 0.480 e. The van der Waals surface area contributed by atoms with Crippen molar-refractivity contribution in [1.82, 2.24) is 9.80 Å². The predicted octanol–water partition coefficient (Wildman–Crippen LogP) is 0.430. The van der Waals surface area contributed by atoms with E-state index in [2.05, 4.69) is 4.90 Å². The number of benzene rings is 1. The van der Waals surface area contributed by atoms with E-state index in [1.54, 1.807) is 0 Å². The van der Waals surface area contributed by atoms with Crippen LogP contribution >= 0.6 is 0 Å². The number of aliphatic carboxylic acids is 1. The SMILES string of the molecule is CN(CC(=O)O)C(=O)[C@@H]1CN(Cc2ccccc2)CCO1. The molecule has 114 valence electrons. The molecule has 0 aliphatic carbocycles. The van der Waals surface area contributed by atoms with E-state index in [9.17, 15) is 9.59 Å². The molecule has 0 aromatic heterocycles. The molecule has 2 rings (SSSR count). The van der Waals surface area contributed by atoms with Crippen LogP contribution in [-0.4, -0.2) is 66.2 Å². The normalized spacial score (nSPS) is 19.2. The molecule has 1 aliphatic heterocycles. The Morgan fingerprint density at radius 2 is 2.10 bits per heavy atom. The van der Waals surface area contributed by atoms with Gasteiger partial charge in [0.1, 0.15) is 12.6 Å². The van der Waals surface area contributed by atoms with E-state index in [1.807, 2.05) is 30.3 Å². The summed E-state index contributed by atoms with van der Waals surface area (Å²) < 4.78 is 5.48. The molecule has 1 fully saturated rings. The molecule has 0 radical (unpaired) electrons. The van der Waals surface area contributed by atoms with Crippen LogP contribution < -0.4 is 0 Å². The Bertz CT molecular complexity index is 492. The van der Waals surface area contributed by atoms with Gasteiger partial charge in [-0.25, -0.2) is 0 Å². The Morgan fingerprint density at radius 3 is 2.76 bits per heavy atom. The number of carbonyl (C=O) groups is 2. The lowest BCUT2D eigenvalue weighted by Gasteiger charge is -2.33. The summed E-state index contributed by atoms with van der Waals surface area (Å²) in [6, 6.07) is 10.0. The fourth-order valence-electron chi connectivity index (χ4n) is 2.36. The minimum Gasteiger partial charge on any atom is -0.480 e. The number of rotatable bonds is 5. The number of morpholine rings is 1. The maximum absolute atomic E-state index is 12.1. The second-order valence-corrected chi connectivity index (χ2v) is 5.17. The van der Waals surface area contributed by atoms with Gasteiger partial charge in [0.25, 0.3) is 5.91 Å². The third-order valence-electron chi connectivity index (χ3n) is 3.42. The average molecular weight is 292 g/mol. The molecular weight excluding hydrogens is 272 g/mol. The number of hydrogen-bond donors (Lipinski definition) is 1. The van der Waals surface area contributed by atoms with Crippen LogP contribution in [-0.2, 0) is 20.9 Å². The summed E-state index contributed by atoms with van der Waals surface area (Å²) in [5.74, 6) is -1.31. The first-order valence-corrected chi connectivity index (χ1v) is 6.91. The highest BCUT2D eigenvalue weighted by Gasteiger charge is 2.29. The van der Waals surface area contributed by atoms with Crippen LogP contribution in [0.5, 0.6) is 0 Å². The maximum Gasteiger partial charge on any atom is 0.323 e. The molecule has 0 bridgehead atoms. The number of hydrogen-bond acceptors (Lipinski definition) is 4. The Hall–Kier alpha value is -1.92. The summed E-state index contributed by atoms with van der Waals surface area (Å²) in [7, 11) is 1.48. The first-order chi connectivity index (χ1) is 10.1. The number of carbonyl (C=O) groups excluding carboxylic acids is 1. The van der Waals surface area contributed by atoms with Crippen LogP contribution in [0, 0.1) is 0 Å². The van der Waals surface area contributed by atoms with Gasteiger partial charge < -0.3 is 14.7 Å². The summed E-state index contributed by atoms with van der Waals surface area (Å²) in [4.78, 5) is 26.1. The van der Waals surface area contributed by atoms with Crippen molar-refractivity contribution in [2.75, 3.05) is 33.3 Å². The zero-order valence-electron chi connectivity index (χ0n) is 12.1. The van der Waals surface area contributed by atoms with E-state index < -0.39 is 12.1 Å². The van der Waals surface area contributed by atoms with Gasteiger partial charge in [-0.15, -0.1) is 0 Å². The molecular formula is C15H20N2O4. The zero-order valence-corrected chi connectivity index (χ0v) is 12.1. The summed E-state index contributed by atoms with van der Waals surface area (Å²) >= 11 is 0. The van der Waals surface area contributed by atoms with Gasteiger partial charge in [0.05, 0.1) is 6.61 Å². The van der Waals surface area contributed by atoms with Crippen molar-refractivity contribution in [3.8, 4) is 0 Å². The summed E-state index contributed by atoms with van der Waals surface area (Å²) in [5.41, 5.74) is 1.18. The lowest BCUT2D eigenvalue weighted by molar-refractivity contribution is -0.153. The van der Waals surface area contributed by atoms with Crippen LogP contribution in [0.2, 0.25) is 0 Å². The second kappa shape index (κ2) is 7.19. The number of amides is 1. The fraction of sp³-hybridized carbons (Fsp3) is 0.467. The Kier molecular flexibility index (Phi) is 5.30. The highest BCUT2D eigenvalue weighted by Crippen LogP contribution is 2.12. The van der Waals surface area contributed by atoms with Gasteiger partial charge in [0.2, 0.25) is 0 Å². The van der Waals surface area contributed by atoms with Crippen LogP contribution in [0.15, 0.2) is 30.3 Å². The van der Waals surface area contributed by atoms with Crippen molar-refractivity contribution < 1.29 is 19.4 Å². The summed E-state index contributed by atoms with van der Waals surface area (Å²) in [6.07, 6.45) is -0.591. The standard InChI is InChI=1S/C15H20N2O4/c1-16(11-14(18)19)15(20)13-10-17(7-8-21-13)9-12-5-3-2-4-6-12/h2-6,13H,7-11H2,1H3,(H,18,19)/t13-/m0/s1. The van der Waals surface area contributed by atoms with Gasteiger partial charge in [-0.1, -0.05) is 30.3 Å². The molecule has 0 unspecified atom stereocenters. The molecule has 1 heterocycles. The maximum atomic E-state index is 12.1. The minimum atomic E-state index is -1.03. The van der Waals surface area contributed by atoms with Crippen LogP contribution in [0.25, 0.3) is 0 Å². The minimum absolute atomic E-state index is 0.282. The van der Waals surface area contributed by atoms with Crippen molar-refractivity contribution in [3.63, 3.8) is 0 Å². The van der Waals surface area contributed by atoms with Crippen LogP contribution in [0.4, 0.5) is 0 Å². The van der Waals surface area contributed by atoms with E-state index >= 15 is 0 Å². The molecule has 21 heavy (non-hydrogen) atoms. The zero-order chi connectivity index (χ0) is 15.2. The van der Waals surface area contributed by atoms with Gasteiger partial charge in [-0.05, 0) is 5.56 Å². The van der Waals surface area contributed by atoms with Gasteiger partial charge in [0, 0.05) is 26.7 Å². The number of nitrogens with zero attached hydrogens (tertiary/aromatic N) is 2. The quantitative estimate of drug-likeness (QED) is 0.852. The Labute approximate surface area is 123 Å². The first-order valence-electron chi connectivity index (χ1n) is 6.91. The fourth-order valence-corrected chi connectivity index (χ4v) is 2.36. The molecule has 1 aromatic carbocycles. The first kappa shape index (κ1) is 15.5. The molecule has 1 aliphatic rings. The monoisotopic (exact) mass is 292 g/mol. The highest BCUT2D eigenvalue weighted by atomic mass is 16.5. The molecule has 1 saturated heterocycles. The van der Waals surface area contributed by atoms with E-state index in [0.717, 1.165) is 13.1 Å². The third kappa shape index (κ3) is 4.54. The number of carboxylic acids is 1. The summed E-state index contributed by atoms with van der Waals surface area (Å²) in [5, 5.41) is 8.73. The number of ether oxygens (including phenoxy) is 1. The average Bonchev–Trinajstić information content (AvgIpc) is 2.47. The molecule has 1 aromatic rings. The van der Waals surface area contributed by atoms with Gasteiger partial charge in [-0.3, -0.25) is 14.5 Å². The molecule has 0 saturated carbocycles.